The highest BCUT2D eigenvalue weighted by molar-refractivity contribution is 6.22. The van der Waals surface area contributed by atoms with E-state index in [1.807, 2.05) is 11.6 Å². The van der Waals surface area contributed by atoms with E-state index in [1.165, 1.54) is 6.08 Å². The van der Waals surface area contributed by atoms with Crippen molar-refractivity contribution in [3.63, 3.8) is 0 Å². The van der Waals surface area contributed by atoms with Crippen molar-refractivity contribution in [3.05, 3.63) is 33.8 Å². The van der Waals surface area contributed by atoms with Crippen LogP contribution < -0.4 is 16.6 Å². The van der Waals surface area contributed by atoms with Gasteiger partial charge in [-0.2, -0.15) is 0 Å². The predicted molar refractivity (Wildman–Crippen MR) is 85.6 cm³/mol. The van der Waals surface area contributed by atoms with Gasteiger partial charge in [-0.3, -0.25) is 14.3 Å². The smallest absolute Gasteiger partial charge is 0.294 e. The molecule has 7 nitrogen and oxygen atoms in total. The van der Waals surface area contributed by atoms with Gasteiger partial charge in [0, 0.05) is 25.7 Å². The average molecular weight is 301 g/mol. The fourth-order valence-electron chi connectivity index (χ4n) is 2.75. The molecular weight excluding hydrogens is 282 g/mol. The largest absolute Gasteiger partial charge is 0.397 e. The van der Waals surface area contributed by atoms with Gasteiger partial charge in [-0.1, -0.05) is 0 Å². The lowest BCUT2D eigenvalue weighted by Crippen LogP contribution is -2.19. The summed E-state index contributed by atoms with van der Waals surface area (Å²) in [5, 5.41) is 3.21. The van der Waals surface area contributed by atoms with Gasteiger partial charge in [0.05, 0.1) is 11.4 Å². The summed E-state index contributed by atoms with van der Waals surface area (Å²) < 4.78 is 3.62. The van der Waals surface area contributed by atoms with Crippen LogP contribution in [-0.2, 0) is 17.9 Å². The number of fused-ring (bicyclic) bond motifs is 1. The number of hydrogen-bond acceptors (Lipinski definition) is 5. The number of aliphatic imine (C=N–C) groups is 1. The molecule has 0 atom stereocenters. The SMILES string of the molecule is CCNc1c(/N=C2/C=C(C)C(=O)C=C2N)c(=O)n2n1CCC2. The predicted octanol–water partition coefficient (Wildman–Crippen LogP) is 0.929. The van der Waals surface area contributed by atoms with E-state index in [1.54, 1.807) is 17.7 Å². The second kappa shape index (κ2) is 5.32. The van der Waals surface area contributed by atoms with Crippen LogP contribution in [0.3, 0.4) is 0 Å². The lowest BCUT2D eigenvalue weighted by Gasteiger charge is -2.10. The third-order valence-corrected chi connectivity index (χ3v) is 3.85. The highest BCUT2D eigenvalue weighted by atomic mass is 16.1. The first-order chi connectivity index (χ1) is 10.5. The Labute approximate surface area is 127 Å². The minimum atomic E-state index is -0.128. The van der Waals surface area contributed by atoms with Crippen molar-refractivity contribution in [2.24, 2.45) is 10.7 Å². The number of allylic oxidation sites excluding steroid dienone is 3. The lowest BCUT2D eigenvalue weighted by atomic mass is 10.0. The van der Waals surface area contributed by atoms with Gasteiger partial charge in [0.1, 0.15) is 0 Å². The molecule has 3 N–H and O–H groups in total. The monoisotopic (exact) mass is 301 g/mol. The number of anilines is 1. The van der Waals surface area contributed by atoms with E-state index in [-0.39, 0.29) is 17.0 Å². The van der Waals surface area contributed by atoms with Crippen molar-refractivity contribution in [3.8, 4) is 0 Å². The molecule has 7 heteroatoms. The maximum atomic E-state index is 12.5. The van der Waals surface area contributed by atoms with Gasteiger partial charge in [-0.25, -0.2) is 9.67 Å². The van der Waals surface area contributed by atoms with Crippen LogP contribution in [0.25, 0.3) is 0 Å². The van der Waals surface area contributed by atoms with Crippen LogP contribution in [0.4, 0.5) is 11.5 Å². The summed E-state index contributed by atoms with van der Waals surface area (Å²) in [6.07, 6.45) is 3.92. The Morgan fingerprint density at radius 1 is 1.27 bits per heavy atom. The first kappa shape index (κ1) is 14.4. The number of hydrogen-bond donors (Lipinski definition) is 2. The molecule has 1 aliphatic carbocycles. The Hall–Kier alpha value is -2.57. The third-order valence-electron chi connectivity index (χ3n) is 3.85. The van der Waals surface area contributed by atoms with Gasteiger partial charge in [0.2, 0.25) is 0 Å². The molecule has 0 unspecified atom stereocenters. The van der Waals surface area contributed by atoms with Crippen LogP contribution in [0.15, 0.2) is 33.2 Å². The maximum absolute atomic E-state index is 12.5. The quantitative estimate of drug-likeness (QED) is 0.812. The summed E-state index contributed by atoms with van der Waals surface area (Å²) in [5.41, 5.74) is 7.40. The molecule has 0 saturated heterocycles. The second-order valence-corrected chi connectivity index (χ2v) is 5.42. The topological polar surface area (TPSA) is 94.4 Å². The summed E-state index contributed by atoms with van der Waals surface area (Å²) >= 11 is 0. The Morgan fingerprint density at radius 2 is 2.00 bits per heavy atom. The number of aromatic nitrogens is 2. The second-order valence-electron chi connectivity index (χ2n) is 5.42. The molecule has 1 aromatic rings. The molecule has 1 aliphatic heterocycles. The van der Waals surface area contributed by atoms with Crippen molar-refractivity contribution in [2.75, 3.05) is 11.9 Å². The van der Waals surface area contributed by atoms with E-state index in [2.05, 4.69) is 10.3 Å². The summed E-state index contributed by atoms with van der Waals surface area (Å²) in [7, 11) is 0. The van der Waals surface area contributed by atoms with Crippen molar-refractivity contribution in [1.29, 1.82) is 0 Å². The number of carbonyl (C=O) groups excluding carboxylic acids is 1. The van der Waals surface area contributed by atoms with Gasteiger partial charge in [0.15, 0.2) is 17.3 Å². The highest BCUT2D eigenvalue weighted by Crippen LogP contribution is 2.26. The van der Waals surface area contributed by atoms with Crippen LogP contribution in [-0.4, -0.2) is 27.4 Å². The molecule has 22 heavy (non-hydrogen) atoms. The number of nitrogens with zero attached hydrogens (tertiary/aromatic N) is 3. The minimum absolute atomic E-state index is 0.126. The number of nitrogens with two attached hydrogens (primary N) is 1. The van der Waals surface area contributed by atoms with Crippen molar-refractivity contribution in [1.82, 2.24) is 9.36 Å². The molecule has 2 heterocycles. The summed E-state index contributed by atoms with van der Waals surface area (Å²) in [6, 6.07) is 0. The van der Waals surface area contributed by atoms with Gasteiger partial charge < -0.3 is 11.1 Å². The van der Waals surface area contributed by atoms with E-state index in [0.29, 0.717) is 35.9 Å². The molecule has 0 fully saturated rings. The van der Waals surface area contributed by atoms with E-state index in [0.717, 1.165) is 13.0 Å². The first-order valence-corrected chi connectivity index (χ1v) is 7.39. The standard InChI is InChI=1S/C15H19N5O2/c1-3-17-14-13(15(22)20-6-4-5-19(14)20)18-11-7-9(2)12(21)8-10(11)16/h7-8,17H,3-6,16H2,1-2H3/b18-11-. The Kier molecular flexibility index (Phi) is 3.48. The Bertz CT molecular complexity index is 792. The van der Waals surface area contributed by atoms with Gasteiger partial charge in [0.25, 0.3) is 5.56 Å². The van der Waals surface area contributed by atoms with Gasteiger partial charge >= 0.3 is 0 Å². The van der Waals surface area contributed by atoms with Crippen molar-refractivity contribution >= 4 is 23.0 Å². The molecule has 1 aromatic heterocycles. The van der Waals surface area contributed by atoms with E-state index < -0.39 is 0 Å². The fourth-order valence-corrected chi connectivity index (χ4v) is 2.75. The van der Waals surface area contributed by atoms with Gasteiger partial charge in [-0.15, -0.1) is 0 Å². The molecule has 0 spiro atoms. The lowest BCUT2D eigenvalue weighted by molar-refractivity contribution is -0.111. The van der Waals surface area contributed by atoms with E-state index in [9.17, 15) is 9.59 Å². The van der Waals surface area contributed by atoms with E-state index in [4.69, 9.17) is 5.73 Å². The number of carbonyl (C=O) groups is 1. The Balaban J connectivity index is 2.14. The summed E-state index contributed by atoms with van der Waals surface area (Å²) in [6.45, 7) is 5.86. The van der Waals surface area contributed by atoms with Crippen molar-refractivity contribution in [2.45, 2.75) is 33.4 Å². The van der Waals surface area contributed by atoms with Crippen molar-refractivity contribution < 1.29 is 4.79 Å². The Morgan fingerprint density at radius 3 is 2.73 bits per heavy atom. The highest BCUT2D eigenvalue weighted by Gasteiger charge is 2.24. The minimum Gasteiger partial charge on any atom is -0.397 e. The van der Waals surface area contributed by atoms with Gasteiger partial charge in [-0.05, 0) is 31.9 Å². The van der Waals surface area contributed by atoms with Crippen LogP contribution in [0.5, 0.6) is 0 Å². The third kappa shape index (κ3) is 2.18. The molecule has 116 valence electrons. The molecule has 0 amide bonds. The maximum Gasteiger partial charge on any atom is 0.294 e. The first-order valence-electron chi connectivity index (χ1n) is 7.39. The normalized spacial score (nSPS) is 19.2. The number of ketones is 1. The summed E-state index contributed by atoms with van der Waals surface area (Å²) in [5.74, 6) is 0.590. The van der Waals surface area contributed by atoms with Crippen LogP contribution in [0.1, 0.15) is 20.3 Å². The molecule has 2 aliphatic rings. The van der Waals surface area contributed by atoms with Crippen LogP contribution >= 0.6 is 0 Å². The number of rotatable bonds is 3. The van der Waals surface area contributed by atoms with E-state index >= 15 is 0 Å². The molecule has 0 bridgehead atoms. The van der Waals surface area contributed by atoms with Crippen LogP contribution in [0, 0.1) is 0 Å². The fraction of sp³-hybridized carbons (Fsp3) is 0.400. The zero-order valence-electron chi connectivity index (χ0n) is 12.7. The average Bonchev–Trinajstić information content (AvgIpc) is 3.03. The molecule has 3 rings (SSSR count). The molecule has 0 aromatic carbocycles. The molecular formula is C15H19N5O2. The zero-order valence-corrected chi connectivity index (χ0v) is 12.7. The molecule has 0 saturated carbocycles. The zero-order chi connectivity index (χ0) is 15.9. The molecule has 0 radical (unpaired) electrons. The van der Waals surface area contributed by atoms with Crippen LogP contribution in [0.2, 0.25) is 0 Å². The summed E-state index contributed by atoms with van der Waals surface area (Å²) in [4.78, 5) is 28.6. The number of nitrogens with one attached hydrogen (secondary N) is 1.